The van der Waals surface area contributed by atoms with E-state index in [-0.39, 0.29) is 0 Å². The van der Waals surface area contributed by atoms with Crippen molar-refractivity contribution in [3.05, 3.63) is 41.2 Å². The Kier molecular flexibility index (Phi) is 2.87. The number of hydrogen-bond donors (Lipinski definition) is 0. The Labute approximate surface area is 89.8 Å². The second-order valence-corrected chi connectivity index (χ2v) is 4.26. The van der Waals surface area contributed by atoms with Crippen molar-refractivity contribution in [3.8, 4) is 0 Å². The molecule has 1 aromatic rings. The van der Waals surface area contributed by atoms with E-state index in [0.717, 1.165) is 19.3 Å². The van der Waals surface area contributed by atoms with Crippen molar-refractivity contribution in [2.24, 2.45) is 5.92 Å². The molecule has 0 fully saturated rings. The zero-order valence-electron chi connectivity index (χ0n) is 8.17. The van der Waals surface area contributed by atoms with Crippen molar-refractivity contribution >= 4 is 11.6 Å². The van der Waals surface area contributed by atoms with Gasteiger partial charge in [0.15, 0.2) is 0 Å². The number of aryl methyl sites for hydroxylation is 1. The number of nitrogens with zero attached hydrogens (tertiary/aromatic N) is 1. The first-order chi connectivity index (χ1) is 6.79. The van der Waals surface area contributed by atoms with E-state index < -0.39 is 0 Å². The van der Waals surface area contributed by atoms with Gasteiger partial charge >= 0.3 is 0 Å². The van der Waals surface area contributed by atoms with Crippen LogP contribution in [0, 0.1) is 5.92 Å². The van der Waals surface area contributed by atoms with E-state index in [9.17, 15) is 0 Å². The highest BCUT2D eigenvalue weighted by atomic mass is 35.5. The molecule has 14 heavy (non-hydrogen) atoms. The molecule has 0 saturated heterocycles. The van der Waals surface area contributed by atoms with Crippen LogP contribution in [0.5, 0.6) is 0 Å². The summed E-state index contributed by atoms with van der Waals surface area (Å²) >= 11 is 5.87. The second kappa shape index (κ2) is 4.14. The highest BCUT2D eigenvalue weighted by Gasteiger charge is 2.18. The Bertz CT molecular complexity index is 346. The first-order valence-corrected chi connectivity index (χ1v) is 5.42. The minimum atomic E-state index is 0.614. The van der Waals surface area contributed by atoms with Crippen molar-refractivity contribution < 1.29 is 0 Å². The summed E-state index contributed by atoms with van der Waals surface area (Å²) in [6, 6.07) is 3.99. The van der Waals surface area contributed by atoms with E-state index in [2.05, 4.69) is 17.6 Å². The Morgan fingerprint density at radius 3 is 3.21 bits per heavy atom. The zero-order valence-corrected chi connectivity index (χ0v) is 8.93. The van der Waals surface area contributed by atoms with Gasteiger partial charge in [-0.05, 0) is 43.2 Å². The molecule has 1 atom stereocenters. The second-order valence-electron chi connectivity index (χ2n) is 3.87. The van der Waals surface area contributed by atoms with Gasteiger partial charge in [0.25, 0.3) is 0 Å². The van der Waals surface area contributed by atoms with Crippen molar-refractivity contribution in [1.82, 2.24) is 4.98 Å². The molecule has 0 radical (unpaired) electrons. The van der Waals surface area contributed by atoms with E-state index in [0.29, 0.717) is 11.1 Å². The van der Waals surface area contributed by atoms with Crippen molar-refractivity contribution in [3.63, 3.8) is 0 Å². The fourth-order valence-corrected chi connectivity index (χ4v) is 2.24. The van der Waals surface area contributed by atoms with Gasteiger partial charge in [-0.3, -0.25) is 0 Å². The predicted molar refractivity (Wildman–Crippen MR) is 59.6 cm³/mol. The summed E-state index contributed by atoms with van der Waals surface area (Å²) in [4.78, 5) is 4.38. The third kappa shape index (κ3) is 1.98. The van der Waals surface area contributed by atoms with Crippen LogP contribution in [0.4, 0.5) is 0 Å². The molecular formula is C12H14ClN. The number of hydrogen-bond acceptors (Lipinski definition) is 1. The largest absolute Gasteiger partial charge is 0.241 e. The molecule has 0 aromatic carbocycles. The number of aromatic nitrogens is 1. The summed E-state index contributed by atoms with van der Waals surface area (Å²) in [7, 11) is 0. The molecule has 1 unspecified atom stereocenters. The standard InChI is InChI=1S/C12H14ClN/c1-2-3-9-4-5-10-6-7-12(13)14-11(10)8-9/h2,6-7,9H,1,3-5,8H2. The monoisotopic (exact) mass is 207 g/mol. The Morgan fingerprint density at radius 1 is 1.57 bits per heavy atom. The quantitative estimate of drug-likeness (QED) is 0.535. The maximum Gasteiger partial charge on any atom is 0.129 e. The molecule has 1 aromatic heterocycles. The average Bonchev–Trinajstić information content (AvgIpc) is 2.17. The maximum atomic E-state index is 5.87. The van der Waals surface area contributed by atoms with Crippen LogP contribution < -0.4 is 0 Å². The Balaban J connectivity index is 2.20. The lowest BCUT2D eigenvalue weighted by molar-refractivity contribution is 0.456. The minimum absolute atomic E-state index is 0.614. The van der Waals surface area contributed by atoms with Crippen molar-refractivity contribution in [1.29, 1.82) is 0 Å². The third-order valence-corrected chi connectivity index (χ3v) is 3.05. The summed E-state index contributed by atoms with van der Waals surface area (Å²) in [6.45, 7) is 3.78. The van der Waals surface area contributed by atoms with Gasteiger partial charge in [-0.25, -0.2) is 4.98 Å². The molecule has 0 spiro atoms. The molecule has 0 bridgehead atoms. The maximum absolute atomic E-state index is 5.87. The predicted octanol–water partition coefficient (Wildman–Crippen LogP) is 3.42. The topological polar surface area (TPSA) is 12.9 Å². The zero-order chi connectivity index (χ0) is 9.97. The molecule has 74 valence electrons. The lowest BCUT2D eigenvalue weighted by Crippen LogP contribution is -2.15. The van der Waals surface area contributed by atoms with E-state index in [1.807, 2.05) is 12.1 Å². The van der Waals surface area contributed by atoms with Gasteiger partial charge in [-0.15, -0.1) is 6.58 Å². The van der Waals surface area contributed by atoms with Crippen LogP contribution in [-0.2, 0) is 12.8 Å². The number of rotatable bonds is 2. The number of fused-ring (bicyclic) bond motifs is 1. The molecule has 0 saturated carbocycles. The summed E-state index contributed by atoms with van der Waals surface area (Å²) in [5.74, 6) is 0.714. The molecule has 1 heterocycles. The molecule has 2 heteroatoms. The third-order valence-electron chi connectivity index (χ3n) is 2.84. The van der Waals surface area contributed by atoms with Gasteiger partial charge in [-0.2, -0.15) is 0 Å². The highest BCUT2D eigenvalue weighted by molar-refractivity contribution is 6.29. The van der Waals surface area contributed by atoms with Gasteiger partial charge in [0.1, 0.15) is 5.15 Å². The van der Waals surface area contributed by atoms with Crippen LogP contribution in [0.3, 0.4) is 0 Å². The lowest BCUT2D eigenvalue weighted by Gasteiger charge is -2.22. The van der Waals surface area contributed by atoms with Crippen LogP contribution in [-0.4, -0.2) is 4.98 Å². The van der Waals surface area contributed by atoms with E-state index in [4.69, 9.17) is 11.6 Å². The van der Waals surface area contributed by atoms with Gasteiger partial charge in [0, 0.05) is 5.69 Å². The summed E-state index contributed by atoms with van der Waals surface area (Å²) < 4.78 is 0. The van der Waals surface area contributed by atoms with E-state index in [1.165, 1.54) is 17.7 Å². The van der Waals surface area contributed by atoms with Gasteiger partial charge < -0.3 is 0 Å². The molecule has 0 N–H and O–H groups in total. The Hall–Kier alpha value is -0.820. The van der Waals surface area contributed by atoms with Crippen LogP contribution >= 0.6 is 11.6 Å². The number of allylic oxidation sites excluding steroid dienone is 1. The molecule has 1 aliphatic carbocycles. The molecule has 0 aliphatic heterocycles. The fraction of sp³-hybridized carbons (Fsp3) is 0.417. The lowest BCUT2D eigenvalue weighted by atomic mass is 9.85. The summed E-state index contributed by atoms with van der Waals surface area (Å²) in [5, 5.41) is 0.614. The number of pyridine rings is 1. The average molecular weight is 208 g/mol. The van der Waals surface area contributed by atoms with E-state index in [1.54, 1.807) is 0 Å². The van der Waals surface area contributed by atoms with Crippen molar-refractivity contribution in [2.75, 3.05) is 0 Å². The normalized spacial score (nSPS) is 20.2. The number of halogens is 1. The van der Waals surface area contributed by atoms with Crippen LogP contribution in [0.25, 0.3) is 0 Å². The minimum Gasteiger partial charge on any atom is -0.241 e. The van der Waals surface area contributed by atoms with Gasteiger partial charge in [0.05, 0.1) is 0 Å². The van der Waals surface area contributed by atoms with Crippen molar-refractivity contribution in [2.45, 2.75) is 25.7 Å². The van der Waals surface area contributed by atoms with Gasteiger partial charge in [-0.1, -0.05) is 23.7 Å². The Morgan fingerprint density at radius 2 is 2.43 bits per heavy atom. The van der Waals surface area contributed by atoms with Gasteiger partial charge in [0.2, 0.25) is 0 Å². The molecular weight excluding hydrogens is 194 g/mol. The molecule has 1 nitrogen and oxygen atoms in total. The smallest absolute Gasteiger partial charge is 0.129 e. The van der Waals surface area contributed by atoms with Crippen LogP contribution in [0.1, 0.15) is 24.1 Å². The first kappa shape index (κ1) is 9.72. The SMILES string of the molecule is C=CCC1CCc2ccc(Cl)nc2C1. The molecule has 2 rings (SSSR count). The summed E-state index contributed by atoms with van der Waals surface area (Å²) in [5.41, 5.74) is 2.56. The van der Waals surface area contributed by atoms with Crippen LogP contribution in [0.2, 0.25) is 5.15 Å². The molecule has 0 amide bonds. The molecule has 1 aliphatic rings. The van der Waals surface area contributed by atoms with Crippen LogP contribution in [0.15, 0.2) is 24.8 Å². The fourth-order valence-electron chi connectivity index (χ4n) is 2.08. The summed E-state index contributed by atoms with van der Waals surface area (Å²) in [6.07, 6.45) is 6.54. The first-order valence-electron chi connectivity index (χ1n) is 5.05. The van der Waals surface area contributed by atoms with E-state index >= 15 is 0 Å². The highest BCUT2D eigenvalue weighted by Crippen LogP contribution is 2.27.